The number of nitrogens with zero attached hydrogens (tertiary/aromatic N) is 1. The normalized spacial score (nSPS) is 15.7. The molecule has 3 aromatic rings. The van der Waals surface area contributed by atoms with Crippen molar-refractivity contribution in [1.29, 1.82) is 0 Å². The van der Waals surface area contributed by atoms with Gasteiger partial charge in [-0.1, -0.05) is 60.7 Å². The minimum atomic E-state index is -0.321. The van der Waals surface area contributed by atoms with Gasteiger partial charge in [0.2, 0.25) is 0 Å². The van der Waals surface area contributed by atoms with Gasteiger partial charge in [0.1, 0.15) is 5.76 Å². The maximum Gasteiger partial charge on any atom is 0.344 e. The first-order chi connectivity index (χ1) is 12.2. The van der Waals surface area contributed by atoms with Crippen LogP contribution in [0.25, 0.3) is 17.2 Å². The summed E-state index contributed by atoms with van der Waals surface area (Å²) >= 11 is 1.53. The van der Waals surface area contributed by atoms with E-state index in [1.807, 2.05) is 73.7 Å². The first kappa shape index (κ1) is 15.5. The van der Waals surface area contributed by atoms with E-state index >= 15 is 0 Å². The number of cyclic esters (lactones) is 1. The summed E-state index contributed by atoms with van der Waals surface area (Å²) in [6, 6.07) is 19.5. The predicted octanol–water partition coefficient (Wildman–Crippen LogP) is 4.96. The maximum atomic E-state index is 12.6. The predicted molar refractivity (Wildman–Crippen MR) is 101 cm³/mol. The highest BCUT2D eigenvalue weighted by atomic mass is 32.1. The molecule has 2 aromatic carbocycles. The molecular formula is C21H15NO2S. The quantitative estimate of drug-likeness (QED) is 0.630. The van der Waals surface area contributed by atoms with Crippen molar-refractivity contribution in [2.75, 3.05) is 0 Å². The zero-order valence-corrected chi connectivity index (χ0v) is 14.4. The van der Waals surface area contributed by atoms with Gasteiger partial charge in [0, 0.05) is 11.6 Å². The van der Waals surface area contributed by atoms with Gasteiger partial charge in [-0.15, -0.1) is 11.3 Å². The molecule has 0 atom stereocenters. The number of ether oxygens (including phenoxy) is 1. The molecule has 2 heterocycles. The van der Waals surface area contributed by atoms with E-state index in [1.165, 1.54) is 11.3 Å². The molecular weight excluding hydrogens is 330 g/mol. The molecule has 0 fully saturated rings. The molecule has 0 N–H and O–H groups in total. The van der Waals surface area contributed by atoms with E-state index in [-0.39, 0.29) is 5.97 Å². The van der Waals surface area contributed by atoms with Crippen LogP contribution in [0.5, 0.6) is 0 Å². The summed E-state index contributed by atoms with van der Waals surface area (Å²) in [6.45, 7) is 1.95. The number of hydrogen-bond donors (Lipinski definition) is 0. The van der Waals surface area contributed by atoms with Crippen molar-refractivity contribution >= 4 is 34.5 Å². The van der Waals surface area contributed by atoms with Crippen molar-refractivity contribution in [3.05, 3.63) is 93.6 Å². The van der Waals surface area contributed by atoms with Crippen molar-refractivity contribution in [3.63, 3.8) is 0 Å². The summed E-state index contributed by atoms with van der Waals surface area (Å²) in [5.41, 5.74) is 5.96. The maximum absolute atomic E-state index is 12.6. The second kappa shape index (κ2) is 6.49. The Morgan fingerprint density at radius 1 is 0.920 bits per heavy atom. The number of carbonyl (C=O) groups excluding carboxylic acids is 1. The molecule has 0 saturated carbocycles. The lowest BCUT2D eigenvalue weighted by Crippen LogP contribution is -1.98. The fourth-order valence-electron chi connectivity index (χ4n) is 2.86. The van der Waals surface area contributed by atoms with Gasteiger partial charge < -0.3 is 4.74 Å². The molecule has 0 aliphatic carbocycles. The lowest BCUT2D eigenvalue weighted by atomic mass is 9.95. The van der Waals surface area contributed by atoms with Gasteiger partial charge >= 0.3 is 5.97 Å². The van der Waals surface area contributed by atoms with Crippen LogP contribution in [0, 0.1) is 6.92 Å². The van der Waals surface area contributed by atoms with E-state index in [4.69, 9.17) is 4.74 Å². The van der Waals surface area contributed by atoms with Crippen molar-refractivity contribution < 1.29 is 9.53 Å². The largest absolute Gasteiger partial charge is 0.422 e. The molecule has 3 nitrogen and oxygen atoms in total. The van der Waals surface area contributed by atoms with Gasteiger partial charge in [-0.25, -0.2) is 9.78 Å². The summed E-state index contributed by atoms with van der Waals surface area (Å²) in [5, 5.41) is 0. The third-order valence-corrected chi connectivity index (χ3v) is 4.95. The Kier molecular flexibility index (Phi) is 4.04. The molecule has 122 valence electrons. The average molecular weight is 345 g/mol. The summed E-state index contributed by atoms with van der Waals surface area (Å²) in [6.07, 6.45) is 1.91. The minimum Gasteiger partial charge on any atom is -0.422 e. The van der Waals surface area contributed by atoms with Crippen LogP contribution in [0.15, 0.2) is 71.9 Å². The highest BCUT2D eigenvalue weighted by Crippen LogP contribution is 2.40. The van der Waals surface area contributed by atoms with E-state index in [0.29, 0.717) is 11.3 Å². The number of hydrogen-bond acceptors (Lipinski definition) is 4. The highest BCUT2D eigenvalue weighted by Gasteiger charge is 2.32. The number of benzene rings is 2. The molecule has 4 heteroatoms. The van der Waals surface area contributed by atoms with Gasteiger partial charge in [-0.05, 0) is 18.1 Å². The van der Waals surface area contributed by atoms with Gasteiger partial charge in [0.25, 0.3) is 0 Å². The number of aryl methyl sites for hydroxylation is 1. The molecule has 0 unspecified atom stereocenters. The number of esters is 1. The van der Waals surface area contributed by atoms with Crippen LogP contribution < -0.4 is 0 Å². The van der Waals surface area contributed by atoms with Crippen LogP contribution in [0.3, 0.4) is 0 Å². The van der Waals surface area contributed by atoms with Crippen LogP contribution in [-0.4, -0.2) is 11.0 Å². The van der Waals surface area contributed by atoms with E-state index < -0.39 is 0 Å². The molecule has 0 amide bonds. The summed E-state index contributed by atoms with van der Waals surface area (Å²) in [4.78, 5) is 17.9. The van der Waals surface area contributed by atoms with E-state index in [0.717, 1.165) is 27.3 Å². The van der Waals surface area contributed by atoms with Crippen molar-refractivity contribution in [2.45, 2.75) is 6.92 Å². The molecule has 0 bridgehead atoms. The molecule has 0 spiro atoms. The first-order valence-electron chi connectivity index (χ1n) is 7.93. The average Bonchev–Trinajstić information content (AvgIpc) is 3.19. The van der Waals surface area contributed by atoms with E-state index in [2.05, 4.69) is 4.98 Å². The van der Waals surface area contributed by atoms with Crippen molar-refractivity contribution in [3.8, 4) is 0 Å². The molecule has 1 aliphatic rings. The Bertz CT molecular complexity index is 985. The zero-order chi connectivity index (χ0) is 17.2. The Morgan fingerprint density at radius 2 is 1.52 bits per heavy atom. The summed E-state index contributed by atoms with van der Waals surface area (Å²) in [7, 11) is 0. The Balaban J connectivity index is 1.95. The molecule has 1 aromatic heterocycles. The minimum absolute atomic E-state index is 0.321. The summed E-state index contributed by atoms with van der Waals surface area (Å²) < 4.78 is 5.65. The molecule has 0 radical (unpaired) electrons. The zero-order valence-electron chi connectivity index (χ0n) is 13.6. The number of thiazole rings is 1. The van der Waals surface area contributed by atoms with Crippen LogP contribution >= 0.6 is 11.3 Å². The highest BCUT2D eigenvalue weighted by molar-refractivity contribution is 7.10. The smallest absolute Gasteiger partial charge is 0.344 e. The third kappa shape index (κ3) is 2.92. The Hall–Kier alpha value is -2.98. The third-order valence-electron chi connectivity index (χ3n) is 4.07. The fourth-order valence-corrected chi connectivity index (χ4v) is 3.58. The van der Waals surface area contributed by atoms with Crippen molar-refractivity contribution in [1.82, 2.24) is 4.98 Å². The molecule has 0 saturated heterocycles. The van der Waals surface area contributed by atoms with Gasteiger partial charge in [-0.2, -0.15) is 0 Å². The number of carbonyl (C=O) groups is 1. The Morgan fingerprint density at radius 3 is 2.08 bits per heavy atom. The second-order valence-electron chi connectivity index (χ2n) is 5.68. The standard InChI is InChI=1S/C21H15NO2S/c1-14-18(25-13-22-14)12-17-19(15-8-4-2-5-9-15)20(21(23)24-17)16-10-6-3-7-11-16/h2-13H,1H3/b17-12-. The summed E-state index contributed by atoms with van der Waals surface area (Å²) in [5.74, 6) is 0.251. The second-order valence-corrected chi connectivity index (χ2v) is 6.57. The van der Waals surface area contributed by atoms with E-state index in [9.17, 15) is 4.79 Å². The number of aromatic nitrogens is 1. The number of rotatable bonds is 3. The van der Waals surface area contributed by atoms with Crippen LogP contribution in [0.2, 0.25) is 0 Å². The lowest BCUT2D eigenvalue weighted by Gasteiger charge is -2.06. The van der Waals surface area contributed by atoms with Crippen LogP contribution in [-0.2, 0) is 9.53 Å². The SMILES string of the molecule is Cc1ncsc1/C=C1\OC(=O)C(c2ccccc2)=C1c1ccccc1. The first-order valence-corrected chi connectivity index (χ1v) is 8.81. The van der Waals surface area contributed by atoms with Crippen LogP contribution in [0.4, 0.5) is 0 Å². The van der Waals surface area contributed by atoms with Crippen molar-refractivity contribution in [2.24, 2.45) is 0 Å². The topological polar surface area (TPSA) is 39.2 Å². The molecule has 1 aliphatic heterocycles. The van der Waals surface area contributed by atoms with Gasteiger partial charge in [0.05, 0.1) is 21.7 Å². The van der Waals surface area contributed by atoms with Gasteiger partial charge in [0.15, 0.2) is 0 Å². The van der Waals surface area contributed by atoms with Crippen LogP contribution in [0.1, 0.15) is 21.7 Å². The fraction of sp³-hybridized carbons (Fsp3) is 0.0476. The number of allylic oxidation sites excluding steroid dienone is 1. The monoisotopic (exact) mass is 345 g/mol. The molecule has 25 heavy (non-hydrogen) atoms. The van der Waals surface area contributed by atoms with E-state index in [1.54, 1.807) is 5.51 Å². The van der Waals surface area contributed by atoms with Gasteiger partial charge in [-0.3, -0.25) is 0 Å². The lowest BCUT2D eigenvalue weighted by molar-refractivity contribution is -0.131. The Labute approximate surface area is 149 Å². The molecule has 4 rings (SSSR count).